The molecule has 0 spiro atoms. The fourth-order valence-electron chi connectivity index (χ4n) is 1.21. The average molecular weight is 202 g/mol. The van der Waals surface area contributed by atoms with Crippen LogP contribution in [0.15, 0.2) is 0 Å². The minimum absolute atomic E-state index is 0.0338. The normalized spacial score (nSPS) is 15.4. The predicted octanol–water partition coefficient (Wildman–Crippen LogP) is 0.532. The number of hydrogen-bond acceptors (Lipinski definition) is 4. The highest BCUT2D eigenvalue weighted by atomic mass is 16.6. The van der Waals surface area contributed by atoms with Crippen LogP contribution >= 0.6 is 0 Å². The van der Waals surface area contributed by atoms with Crippen LogP contribution in [0.5, 0.6) is 0 Å². The van der Waals surface area contributed by atoms with Crippen LogP contribution in [0.2, 0.25) is 0 Å². The second-order valence-electron chi connectivity index (χ2n) is 2.96. The maximum atomic E-state index is 11.2. The molecule has 0 aromatic heterocycles. The highest BCUT2D eigenvalue weighted by Crippen LogP contribution is 2.08. The smallest absolute Gasteiger partial charge is 0.364 e. The zero-order chi connectivity index (χ0) is 10.4. The van der Waals surface area contributed by atoms with Gasteiger partial charge in [0.25, 0.3) is 0 Å². The molecule has 1 heterocycles. The largest absolute Gasteiger partial charge is 0.418 e. The molecule has 0 aromatic carbocycles. The van der Waals surface area contributed by atoms with E-state index in [0.29, 0.717) is 13.1 Å². The second-order valence-corrected chi connectivity index (χ2v) is 2.96. The Bertz CT molecular complexity index is 213. The van der Waals surface area contributed by atoms with Crippen LogP contribution < -0.4 is 5.32 Å². The van der Waals surface area contributed by atoms with Crippen LogP contribution in [0.25, 0.3) is 0 Å². The third-order valence-corrected chi connectivity index (χ3v) is 1.91. The first-order valence-electron chi connectivity index (χ1n) is 4.47. The van der Waals surface area contributed by atoms with E-state index >= 15 is 0 Å². The summed E-state index contributed by atoms with van der Waals surface area (Å²) in [5.74, 6) is 0. The third-order valence-electron chi connectivity index (χ3n) is 1.91. The van der Waals surface area contributed by atoms with E-state index in [-0.39, 0.29) is 6.73 Å². The van der Waals surface area contributed by atoms with Crippen molar-refractivity contribution >= 4 is 12.2 Å². The van der Waals surface area contributed by atoms with Crippen molar-refractivity contribution in [3.63, 3.8) is 0 Å². The van der Waals surface area contributed by atoms with Gasteiger partial charge < -0.3 is 14.4 Å². The van der Waals surface area contributed by atoms with Gasteiger partial charge in [0, 0.05) is 20.2 Å². The van der Waals surface area contributed by atoms with Gasteiger partial charge in [-0.25, -0.2) is 9.59 Å². The number of nitrogens with one attached hydrogen (secondary N) is 1. The van der Waals surface area contributed by atoms with E-state index in [9.17, 15) is 9.59 Å². The van der Waals surface area contributed by atoms with Crippen molar-refractivity contribution in [2.45, 2.75) is 12.8 Å². The van der Waals surface area contributed by atoms with Gasteiger partial charge in [0.15, 0.2) is 0 Å². The molecule has 6 heteroatoms. The number of nitrogens with zero attached hydrogens (tertiary/aromatic N) is 1. The molecule has 0 aromatic rings. The predicted molar refractivity (Wildman–Crippen MR) is 47.7 cm³/mol. The molecule has 1 saturated heterocycles. The summed E-state index contributed by atoms with van der Waals surface area (Å²) in [6.07, 6.45) is 0.573. The molecule has 0 unspecified atom stereocenters. The summed E-state index contributed by atoms with van der Waals surface area (Å²) < 4.78 is 9.08. The van der Waals surface area contributed by atoms with Crippen molar-refractivity contribution in [2.24, 2.45) is 0 Å². The molecule has 14 heavy (non-hydrogen) atoms. The summed E-state index contributed by atoms with van der Waals surface area (Å²) in [6.45, 7) is 1.36. The third kappa shape index (κ3) is 3.21. The first kappa shape index (κ1) is 10.8. The Morgan fingerprint density at radius 1 is 1.36 bits per heavy atom. The summed E-state index contributed by atoms with van der Waals surface area (Å²) in [5.41, 5.74) is 0. The minimum Gasteiger partial charge on any atom is -0.364 e. The summed E-state index contributed by atoms with van der Waals surface area (Å²) in [6, 6.07) is 0. The molecule has 1 aliphatic rings. The Morgan fingerprint density at radius 3 is 2.57 bits per heavy atom. The highest BCUT2D eigenvalue weighted by Gasteiger charge is 2.21. The fraction of sp³-hybridized carbons (Fsp3) is 0.750. The van der Waals surface area contributed by atoms with Crippen LogP contribution in [0.4, 0.5) is 9.59 Å². The second kappa shape index (κ2) is 5.43. The van der Waals surface area contributed by atoms with E-state index in [4.69, 9.17) is 0 Å². The van der Waals surface area contributed by atoms with Gasteiger partial charge in [0.1, 0.15) is 6.73 Å². The van der Waals surface area contributed by atoms with Crippen molar-refractivity contribution in [3.05, 3.63) is 0 Å². The van der Waals surface area contributed by atoms with Gasteiger partial charge in [-0.05, 0) is 12.8 Å². The molecule has 80 valence electrons. The molecular weight excluding hydrogens is 188 g/mol. The quantitative estimate of drug-likeness (QED) is 0.524. The Hall–Kier alpha value is -1.30. The summed E-state index contributed by atoms with van der Waals surface area (Å²) >= 11 is 0. The Morgan fingerprint density at radius 2 is 2.00 bits per heavy atom. The molecule has 1 fully saturated rings. The Labute approximate surface area is 82.1 Å². The lowest BCUT2D eigenvalue weighted by Crippen LogP contribution is -2.35. The van der Waals surface area contributed by atoms with E-state index in [1.165, 1.54) is 12.0 Å². The fourth-order valence-corrected chi connectivity index (χ4v) is 1.21. The molecule has 0 bridgehead atoms. The molecule has 2 amide bonds. The first-order valence-corrected chi connectivity index (χ1v) is 4.47. The van der Waals surface area contributed by atoms with E-state index in [0.717, 1.165) is 12.8 Å². The first-order chi connectivity index (χ1) is 6.74. The number of alkyl carbamates (subject to hydrolysis) is 1. The number of carbonyl (C=O) groups excluding carboxylic acids is 2. The van der Waals surface area contributed by atoms with Gasteiger partial charge >= 0.3 is 12.2 Å². The molecular formula is C8H14N2O4. The van der Waals surface area contributed by atoms with Crippen LogP contribution in [0.1, 0.15) is 12.8 Å². The average Bonchev–Trinajstić information content (AvgIpc) is 2.67. The molecule has 6 nitrogen and oxygen atoms in total. The number of hydrogen-bond donors (Lipinski definition) is 1. The zero-order valence-electron chi connectivity index (χ0n) is 8.12. The van der Waals surface area contributed by atoms with E-state index in [1.807, 2.05) is 0 Å². The van der Waals surface area contributed by atoms with Crippen LogP contribution in [0.3, 0.4) is 0 Å². The zero-order valence-corrected chi connectivity index (χ0v) is 8.12. The summed E-state index contributed by atoms with van der Waals surface area (Å²) in [4.78, 5) is 23.6. The van der Waals surface area contributed by atoms with E-state index in [2.05, 4.69) is 14.8 Å². The van der Waals surface area contributed by atoms with Crippen molar-refractivity contribution in [2.75, 3.05) is 26.9 Å². The van der Waals surface area contributed by atoms with Crippen molar-refractivity contribution in [1.29, 1.82) is 0 Å². The maximum absolute atomic E-state index is 11.2. The van der Waals surface area contributed by atoms with Crippen LogP contribution in [-0.4, -0.2) is 44.0 Å². The lowest BCUT2D eigenvalue weighted by molar-refractivity contribution is 0.111. The number of carbonyl (C=O) groups is 2. The standard InChI is InChI=1S/C8H14N2O4/c1-13-6-9-7(11)14-8(12)10-4-2-3-5-10/h2-6H2,1H3,(H,9,11). The Kier molecular flexibility index (Phi) is 4.18. The monoisotopic (exact) mass is 202 g/mol. The van der Waals surface area contributed by atoms with Gasteiger partial charge in [-0.2, -0.15) is 0 Å². The molecule has 1 N–H and O–H groups in total. The van der Waals surface area contributed by atoms with Crippen LogP contribution in [0, 0.1) is 0 Å². The molecule has 1 aliphatic heterocycles. The Balaban J connectivity index is 2.21. The van der Waals surface area contributed by atoms with Gasteiger partial charge in [-0.3, -0.25) is 5.32 Å². The van der Waals surface area contributed by atoms with E-state index < -0.39 is 12.2 Å². The lowest BCUT2D eigenvalue weighted by Gasteiger charge is -2.13. The molecule has 0 aliphatic carbocycles. The van der Waals surface area contributed by atoms with Crippen molar-refractivity contribution in [3.8, 4) is 0 Å². The highest BCUT2D eigenvalue weighted by molar-refractivity contribution is 5.83. The van der Waals surface area contributed by atoms with E-state index in [1.54, 1.807) is 0 Å². The van der Waals surface area contributed by atoms with Gasteiger partial charge in [-0.15, -0.1) is 0 Å². The number of methoxy groups -OCH3 is 1. The van der Waals surface area contributed by atoms with Gasteiger partial charge in [0.05, 0.1) is 0 Å². The van der Waals surface area contributed by atoms with Crippen LogP contribution in [-0.2, 0) is 9.47 Å². The van der Waals surface area contributed by atoms with Crippen molar-refractivity contribution in [1.82, 2.24) is 10.2 Å². The topological polar surface area (TPSA) is 67.9 Å². The number of rotatable bonds is 2. The molecule has 0 radical (unpaired) electrons. The van der Waals surface area contributed by atoms with Crippen molar-refractivity contribution < 1.29 is 19.1 Å². The molecule has 0 atom stereocenters. The molecule has 1 rings (SSSR count). The van der Waals surface area contributed by atoms with Gasteiger partial charge in [-0.1, -0.05) is 0 Å². The number of ether oxygens (including phenoxy) is 2. The minimum atomic E-state index is -0.774. The maximum Gasteiger partial charge on any atom is 0.418 e. The lowest BCUT2D eigenvalue weighted by atomic mass is 10.4. The number of amides is 2. The summed E-state index contributed by atoms with van der Waals surface area (Å²) in [5, 5.41) is 2.26. The summed E-state index contributed by atoms with van der Waals surface area (Å²) in [7, 11) is 1.43. The van der Waals surface area contributed by atoms with Gasteiger partial charge in [0.2, 0.25) is 0 Å². The number of likely N-dealkylation sites (tertiary alicyclic amines) is 1. The molecule has 0 saturated carbocycles. The SMILES string of the molecule is COCNC(=O)OC(=O)N1CCCC1.